The third kappa shape index (κ3) is 4.42. The summed E-state index contributed by atoms with van der Waals surface area (Å²) in [5.41, 5.74) is 0.822. The van der Waals surface area contributed by atoms with Crippen LogP contribution < -0.4 is 4.74 Å². The van der Waals surface area contributed by atoms with Crippen molar-refractivity contribution in [3.63, 3.8) is 0 Å². The summed E-state index contributed by atoms with van der Waals surface area (Å²) in [6, 6.07) is 13.1. The molecule has 28 heavy (non-hydrogen) atoms. The molecule has 1 N–H and O–H groups in total. The lowest BCUT2D eigenvalue weighted by atomic mass is 9.97. The maximum atomic E-state index is 12.8. The van der Waals surface area contributed by atoms with E-state index in [9.17, 15) is 14.7 Å². The van der Waals surface area contributed by atoms with Gasteiger partial charge in [0, 0.05) is 20.6 Å². The Morgan fingerprint density at radius 2 is 1.39 bits per heavy atom. The maximum Gasteiger partial charge on any atom is 0.344 e. The molecule has 0 unspecified atom stereocenters. The van der Waals surface area contributed by atoms with Crippen LogP contribution in [0.3, 0.4) is 0 Å². The lowest BCUT2D eigenvalue weighted by molar-refractivity contribution is 0.0692. The smallest absolute Gasteiger partial charge is 0.344 e. The fourth-order valence-electron chi connectivity index (χ4n) is 2.50. The van der Waals surface area contributed by atoms with Gasteiger partial charge >= 0.3 is 11.9 Å². The van der Waals surface area contributed by atoms with E-state index in [-0.39, 0.29) is 32.5 Å². The van der Waals surface area contributed by atoms with Crippen LogP contribution in [-0.4, -0.2) is 17.0 Å². The van der Waals surface area contributed by atoms with E-state index in [0.29, 0.717) is 15.6 Å². The molecular weight excluding hydrogens is 446 g/mol. The van der Waals surface area contributed by atoms with Gasteiger partial charge in [0.15, 0.2) is 0 Å². The summed E-state index contributed by atoms with van der Waals surface area (Å²) < 4.78 is 5.37. The van der Waals surface area contributed by atoms with Gasteiger partial charge in [-0.3, -0.25) is 0 Å². The van der Waals surface area contributed by atoms with E-state index in [1.54, 1.807) is 12.1 Å². The largest absolute Gasteiger partial charge is 0.478 e. The number of benzene rings is 3. The van der Waals surface area contributed by atoms with E-state index in [4.69, 9.17) is 51.1 Å². The number of carboxylic acids is 1. The topological polar surface area (TPSA) is 63.6 Å². The molecule has 0 atom stereocenters. The number of carbonyl (C=O) groups is 2. The van der Waals surface area contributed by atoms with Crippen LogP contribution in [0, 0.1) is 0 Å². The average molecular weight is 456 g/mol. The zero-order chi connectivity index (χ0) is 20.4. The van der Waals surface area contributed by atoms with Crippen molar-refractivity contribution < 1.29 is 19.4 Å². The molecule has 142 valence electrons. The van der Waals surface area contributed by atoms with Gasteiger partial charge in [0.25, 0.3) is 0 Å². The van der Waals surface area contributed by atoms with Gasteiger partial charge in [0.2, 0.25) is 0 Å². The van der Waals surface area contributed by atoms with Crippen molar-refractivity contribution in [2.24, 2.45) is 0 Å². The SMILES string of the molecule is O=C(O)c1ccc(C(=O)Oc2ccc(Cl)cc2Cl)c(-c2ccc(Cl)cc2Cl)c1. The predicted molar refractivity (Wildman–Crippen MR) is 110 cm³/mol. The van der Waals surface area contributed by atoms with Gasteiger partial charge in [0.05, 0.1) is 16.1 Å². The molecule has 0 spiro atoms. The number of aromatic carboxylic acids is 1. The summed E-state index contributed by atoms with van der Waals surface area (Å²) in [4.78, 5) is 24.1. The molecule has 0 aromatic heterocycles. The Morgan fingerprint density at radius 3 is 2.00 bits per heavy atom. The first-order chi connectivity index (χ1) is 13.3. The summed E-state index contributed by atoms with van der Waals surface area (Å²) in [5.74, 6) is -1.76. The number of carboxylic acid groups (broad SMARTS) is 1. The Kier molecular flexibility index (Phi) is 6.16. The highest BCUT2D eigenvalue weighted by Gasteiger charge is 2.20. The van der Waals surface area contributed by atoms with Gasteiger partial charge in [-0.1, -0.05) is 52.5 Å². The van der Waals surface area contributed by atoms with E-state index in [0.717, 1.165) is 0 Å². The highest BCUT2D eigenvalue weighted by Crippen LogP contribution is 2.35. The van der Waals surface area contributed by atoms with Gasteiger partial charge < -0.3 is 9.84 Å². The van der Waals surface area contributed by atoms with Crippen molar-refractivity contribution in [3.05, 3.63) is 85.8 Å². The van der Waals surface area contributed by atoms with Crippen LogP contribution in [-0.2, 0) is 0 Å². The molecule has 0 aliphatic carbocycles. The van der Waals surface area contributed by atoms with Crippen LogP contribution >= 0.6 is 46.4 Å². The van der Waals surface area contributed by atoms with Gasteiger partial charge in [0.1, 0.15) is 5.75 Å². The summed E-state index contributed by atoms with van der Waals surface area (Å²) in [7, 11) is 0. The highest BCUT2D eigenvalue weighted by atomic mass is 35.5. The Labute approximate surface area is 180 Å². The van der Waals surface area contributed by atoms with Crippen molar-refractivity contribution in [1.82, 2.24) is 0 Å². The molecule has 0 fully saturated rings. The van der Waals surface area contributed by atoms with Crippen molar-refractivity contribution in [2.45, 2.75) is 0 Å². The molecule has 0 aliphatic rings. The van der Waals surface area contributed by atoms with Crippen molar-refractivity contribution in [1.29, 1.82) is 0 Å². The van der Waals surface area contributed by atoms with Gasteiger partial charge in [-0.25, -0.2) is 9.59 Å². The first-order valence-corrected chi connectivity index (χ1v) is 9.27. The molecule has 0 amide bonds. The minimum absolute atomic E-state index is 0.0120. The molecule has 0 aliphatic heterocycles. The number of esters is 1. The van der Waals surface area contributed by atoms with E-state index < -0.39 is 11.9 Å². The van der Waals surface area contributed by atoms with Gasteiger partial charge in [-0.2, -0.15) is 0 Å². The Hall–Kier alpha value is -2.24. The molecule has 0 heterocycles. The highest BCUT2D eigenvalue weighted by molar-refractivity contribution is 6.37. The number of carbonyl (C=O) groups excluding carboxylic acids is 1. The lowest BCUT2D eigenvalue weighted by Crippen LogP contribution is -2.11. The van der Waals surface area contributed by atoms with Crippen LogP contribution in [0.15, 0.2) is 54.6 Å². The monoisotopic (exact) mass is 454 g/mol. The average Bonchev–Trinajstić information content (AvgIpc) is 2.63. The van der Waals surface area contributed by atoms with E-state index in [1.807, 2.05) is 0 Å². The quantitative estimate of drug-likeness (QED) is 0.343. The number of ether oxygens (including phenoxy) is 1. The van der Waals surface area contributed by atoms with Crippen molar-refractivity contribution >= 4 is 58.3 Å². The van der Waals surface area contributed by atoms with E-state index in [1.165, 1.54) is 42.5 Å². The van der Waals surface area contributed by atoms with Crippen LogP contribution in [0.4, 0.5) is 0 Å². The second kappa shape index (κ2) is 8.41. The molecule has 4 nitrogen and oxygen atoms in total. The van der Waals surface area contributed by atoms with Crippen molar-refractivity contribution in [3.8, 4) is 16.9 Å². The van der Waals surface area contributed by atoms with Crippen LogP contribution in [0.1, 0.15) is 20.7 Å². The molecule has 3 aromatic carbocycles. The summed E-state index contributed by atoms with van der Waals surface area (Å²) in [6.45, 7) is 0. The van der Waals surface area contributed by atoms with Crippen molar-refractivity contribution in [2.75, 3.05) is 0 Å². The number of rotatable bonds is 4. The summed E-state index contributed by atoms with van der Waals surface area (Å²) in [6.07, 6.45) is 0. The third-order valence-corrected chi connectivity index (χ3v) is 4.88. The van der Waals surface area contributed by atoms with E-state index >= 15 is 0 Å². The molecule has 0 saturated carbocycles. The molecular formula is C20H10Cl4O4. The van der Waals surface area contributed by atoms with Crippen LogP contribution in [0.2, 0.25) is 20.1 Å². The third-order valence-electron chi connectivity index (χ3n) is 3.80. The first-order valence-electron chi connectivity index (χ1n) is 7.76. The Balaban J connectivity index is 2.09. The normalized spacial score (nSPS) is 10.6. The molecule has 8 heteroatoms. The molecule has 3 rings (SSSR count). The maximum absolute atomic E-state index is 12.8. The second-order valence-corrected chi connectivity index (χ2v) is 7.34. The minimum atomic E-state index is -1.15. The molecule has 0 bridgehead atoms. The fourth-order valence-corrected chi connectivity index (χ4v) is 3.46. The van der Waals surface area contributed by atoms with Gasteiger partial charge in [-0.05, 0) is 54.1 Å². The van der Waals surface area contributed by atoms with Crippen LogP contribution in [0.25, 0.3) is 11.1 Å². The second-order valence-electron chi connectivity index (χ2n) is 5.65. The Morgan fingerprint density at radius 1 is 0.750 bits per heavy atom. The first kappa shape index (κ1) is 20.5. The molecule has 0 saturated heterocycles. The lowest BCUT2D eigenvalue weighted by Gasteiger charge is -2.13. The fraction of sp³-hybridized carbons (Fsp3) is 0. The number of hydrogen-bond donors (Lipinski definition) is 1. The predicted octanol–water partition coefficient (Wildman–Crippen LogP) is 6.88. The Bertz CT molecular complexity index is 1100. The van der Waals surface area contributed by atoms with Gasteiger partial charge in [-0.15, -0.1) is 0 Å². The summed E-state index contributed by atoms with van der Waals surface area (Å²) in [5, 5.41) is 10.5. The van der Waals surface area contributed by atoms with E-state index in [2.05, 4.69) is 0 Å². The molecule has 3 aromatic rings. The minimum Gasteiger partial charge on any atom is -0.478 e. The molecule has 0 radical (unpaired) electrons. The summed E-state index contributed by atoms with van der Waals surface area (Å²) >= 11 is 24.1. The number of halogens is 4. The standard InChI is InChI=1S/C20H10Cl4O4/c21-11-2-5-13(16(23)8-11)15-7-10(19(25)26)1-4-14(15)20(27)28-18-6-3-12(22)9-17(18)24/h1-9H,(H,25,26). The van der Waals surface area contributed by atoms with Crippen LogP contribution in [0.5, 0.6) is 5.75 Å². The zero-order valence-corrected chi connectivity index (χ0v) is 16.9. The number of hydrogen-bond acceptors (Lipinski definition) is 3. The zero-order valence-electron chi connectivity index (χ0n) is 13.9.